The summed E-state index contributed by atoms with van der Waals surface area (Å²) in [5, 5.41) is 0. The Balaban J connectivity index is 1.99. The second-order valence-corrected chi connectivity index (χ2v) is 5.95. The highest BCUT2D eigenvalue weighted by Crippen LogP contribution is 2.33. The molecule has 0 aliphatic carbocycles. The molecule has 0 amide bonds. The fraction of sp³-hybridized carbons (Fsp3) is 0.238. The smallest absolute Gasteiger partial charge is 0.363 e. The van der Waals surface area contributed by atoms with Gasteiger partial charge in [-0.2, -0.15) is 0 Å². The van der Waals surface area contributed by atoms with Crippen molar-refractivity contribution in [3.63, 3.8) is 0 Å². The third kappa shape index (κ3) is 3.47. The van der Waals surface area contributed by atoms with E-state index in [0.717, 1.165) is 11.1 Å². The molecule has 0 N–H and O–H groups in total. The van der Waals surface area contributed by atoms with Crippen molar-refractivity contribution in [1.82, 2.24) is 0 Å². The number of hydrogen-bond donors (Lipinski definition) is 0. The first kappa shape index (κ1) is 17.7. The van der Waals surface area contributed by atoms with E-state index < -0.39 is 5.97 Å². The number of methoxy groups -OCH3 is 1. The molecule has 26 heavy (non-hydrogen) atoms. The molecular formula is C21H21NO4. The number of hydrogen-bond acceptors (Lipinski definition) is 5. The summed E-state index contributed by atoms with van der Waals surface area (Å²) in [6.07, 6.45) is 1.65. The van der Waals surface area contributed by atoms with Crippen LogP contribution in [-0.2, 0) is 9.53 Å². The zero-order valence-corrected chi connectivity index (χ0v) is 15.3. The maximum atomic E-state index is 12.2. The van der Waals surface area contributed by atoms with Gasteiger partial charge >= 0.3 is 5.97 Å². The highest BCUT2D eigenvalue weighted by Gasteiger charge is 2.25. The summed E-state index contributed by atoms with van der Waals surface area (Å²) >= 11 is 0. The third-order valence-corrected chi connectivity index (χ3v) is 4.18. The maximum Gasteiger partial charge on any atom is 0.363 e. The first-order valence-electron chi connectivity index (χ1n) is 8.43. The third-order valence-electron chi connectivity index (χ3n) is 4.18. The molecule has 1 heterocycles. The second kappa shape index (κ2) is 7.44. The predicted molar refractivity (Wildman–Crippen MR) is 101 cm³/mol. The number of esters is 1. The average molecular weight is 351 g/mol. The molecule has 0 saturated heterocycles. The Morgan fingerprint density at radius 1 is 1.15 bits per heavy atom. The van der Waals surface area contributed by atoms with Crippen LogP contribution in [0.2, 0.25) is 0 Å². The van der Waals surface area contributed by atoms with Crippen LogP contribution in [0.15, 0.2) is 47.1 Å². The summed E-state index contributed by atoms with van der Waals surface area (Å²) in [5.74, 6) is 1.00. The summed E-state index contributed by atoms with van der Waals surface area (Å²) in [6.45, 7) is 6.47. The van der Waals surface area contributed by atoms with Gasteiger partial charge in [-0.05, 0) is 56.2 Å². The zero-order chi connectivity index (χ0) is 18.7. The highest BCUT2D eigenvalue weighted by molar-refractivity contribution is 6.13. The van der Waals surface area contributed by atoms with Gasteiger partial charge in [0.25, 0.3) is 0 Å². The molecule has 2 aromatic rings. The van der Waals surface area contributed by atoms with Gasteiger partial charge in [-0.1, -0.05) is 18.2 Å². The van der Waals surface area contributed by atoms with Crippen LogP contribution in [0.4, 0.5) is 0 Å². The lowest BCUT2D eigenvalue weighted by Gasteiger charge is -2.11. The van der Waals surface area contributed by atoms with Crippen molar-refractivity contribution in [2.45, 2.75) is 20.8 Å². The predicted octanol–water partition coefficient (Wildman–Crippen LogP) is 4.06. The average Bonchev–Trinajstić information content (AvgIpc) is 2.98. The van der Waals surface area contributed by atoms with Crippen molar-refractivity contribution < 1.29 is 19.0 Å². The van der Waals surface area contributed by atoms with Crippen molar-refractivity contribution in [2.24, 2.45) is 4.99 Å². The van der Waals surface area contributed by atoms with Gasteiger partial charge < -0.3 is 14.2 Å². The Labute approximate surface area is 152 Å². The van der Waals surface area contributed by atoms with Crippen LogP contribution in [0.3, 0.4) is 0 Å². The fourth-order valence-corrected chi connectivity index (χ4v) is 2.69. The molecule has 1 aliphatic heterocycles. The Bertz CT molecular complexity index is 912. The van der Waals surface area contributed by atoms with Gasteiger partial charge in [0.15, 0.2) is 17.2 Å². The van der Waals surface area contributed by atoms with Crippen molar-refractivity contribution in [1.29, 1.82) is 0 Å². The minimum absolute atomic E-state index is 0.227. The van der Waals surface area contributed by atoms with E-state index in [-0.39, 0.29) is 5.70 Å². The van der Waals surface area contributed by atoms with Gasteiger partial charge in [0, 0.05) is 11.1 Å². The summed E-state index contributed by atoms with van der Waals surface area (Å²) in [4.78, 5) is 16.6. The number of cyclic esters (lactones) is 1. The number of nitrogens with zero attached hydrogens (tertiary/aromatic N) is 1. The Morgan fingerprint density at radius 2 is 1.96 bits per heavy atom. The van der Waals surface area contributed by atoms with Gasteiger partial charge in [-0.15, -0.1) is 0 Å². The molecule has 0 saturated carbocycles. The van der Waals surface area contributed by atoms with Crippen molar-refractivity contribution in [3.8, 4) is 11.5 Å². The Hall–Kier alpha value is -3.08. The van der Waals surface area contributed by atoms with E-state index >= 15 is 0 Å². The quantitative estimate of drug-likeness (QED) is 0.602. The molecule has 5 heteroatoms. The lowest BCUT2D eigenvalue weighted by Crippen LogP contribution is -2.05. The van der Waals surface area contributed by atoms with E-state index in [2.05, 4.69) is 4.99 Å². The number of aliphatic imine (C=N–C) groups is 1. The van der Waals surface area contributed by atoms with Crippen LogP contribution in [0, 0.1) is 13.8 Å². The molecule has 0 bridgehead atoms. The summed E-state index contributed by atoms with van der Waals surface area (Å²) in [5.41, 5.74) is 4.00. The lowest BCUT2D eigenvalue weighted by atomic mass is 10.1. The number of benzene rings is 2. The van der Waals surface area contributed by atoms with Gasteiger partial charge in [0.1, 0.15) is 0 Å². The Kier molecular flexibility index (Phi) is 5.07. The minimum Gasteiger partial charge on any atom is -0.492 e. The van der Waals surface area contributed by atoms with E-state index in [0.29, 0.717) is 29.6 Å². The van der Waals surface area contributed by atoms with E-state index in [4.69, 9.17) is 14.2 Å². The molecule has 0 aromatic heterocycles. The van der Waals surface area contributed by atoms with E-state index in [1.54, 1.807) is 13.2 Å². The van der Waals surface area contributed by atoms with Crippen molar-refractivity contribution >= 4 is 17.9 Å². The monoisotopic (exact) mass is 351 g/mol. The molecule has 3 rings (SSSR count). The van der Waals surface area contributed by atoms with E-state index in [1.165, 1.54) is 5.56 Å². The molecule has 1 aliphatic rings. The lowest BCUT2D eigenvalue weighted by molar-refractivity contribution is -0.129. The van der Waals surface area contributed by atoms with Crippen LogP contribution >= 0.6 is 0 Å². The number of rotatable bonds is 5. The van der Waals surface area contributed by atoms with Gasteiger partial charge in [0.05, 0.1) is 13.7 Å². The van der Waals surface area contributed by atoms with Crippen molar-refractivity contribution in [2.75, 3.05) is 13.7 Å². The van der Waals surface area contributed by atoms with Crippen LogP contribution in [0.25, 0.3) is 6.08 Å². The molecule has 134 valence electrons. The largest absolute Gasteiger partial charge is 0.492 e. The first-order chi connectivity index (χ1) is 12.5. The van der Waals surface area contributed by atoms with Gasteiger partial charge in [-0.3, -0.25) is 0 Å². The number of para-hydroxylation sites is 1. The topological polar surface area (TPSA) is 57.1 Å². The number of carbonyl (C=O) groups excluding carboxylic acids is 1. The first-order valence-corrected chi connectivity index (χ1v) is 8.43. The van der Waals surface area contributed by atoms with Crippen LogP contribution in [0.1, 0.15) is 29.2 Å². The number of ether oxygens (including phenoxy) is 3. The van der Waals surface area contributed by atoms with Crippen LogP contribution in [0.5, 0.6) is 11.5 Å². The molecule has 0 radical (unpaired) electrons. The molecule has 0 fully saturated rings. The maximum absolute atomic E-state index is 12.2. The van der Waals surface area contributed by atoms with Gasteiger partial charge in [0.2, 0.25) is 5.90 Å². The summed E-state index contributed by atoms with van der Waals surface area (Å²) in [6, 6.07) is 11.3. The van der Waals surface area contributed by atoms with Crippen LogP contribution < -0.4 is 9.47 Å². The van der Waals surface area contributed by atoms with Crippen molar-refractivity contribution in [3.05, 3.63) is 64.3 Å². The minimum atomic E-state index is -0.484. The Morgan fingerprint density at radius 3 is 2.65 bits per heavy atom. The van der Waals surface area contributed by atoms with Gasteiger partial charge in [-0.25, -0.2) is 9.79 Å². The second-order valence-electron chi connectivity index (χ2n) is 5.95. The zero-order valence-electron chi connectivity index (χ0n) is 15.3. The molecule has 2 aromatic carbocycles. The fourth-order valence-electron chi connectivity index (χ4n) is 2.69. The standard InChI is InChI=1S/C21H21NO4/c1-5-25-18-8-6-7-15(19(18)24-4)12-17-21(23)26-20(22-17)16-10-9-13(2)14(3)11-16/h6-12H,5H2,1-4H3/b17-12-. The van der Waals surface area contributed by atoms with E-state index in [9.17, 15) is 4.79 Å². The molecule has 0 spiro atoms. The molecule has 0 unspecified atom stereocenters. The highest BCUT2D eigenvalue weighted by atomic mass is 16.6. The number of aryl methyl sites for hydroxylation is 2. The van der Waals surface area contributed by atoms with Crippen LogP contribution in [-0.4, -0.2) is 25.6 Å². The molecule has 0 atom stereocenters. The number of carbonyl (C=O) groups is 1. The van der Waals surface area contributed by atoms with E-state index in [1.807, 2.05) is 57.2 Å². The summed E-state index contributed by atoms with van der Waals surface area (Å²) < 4.78 is 16.4. The normalized spacial score (nSPS) is 15.0. The summed E-state index contributed by atoms with van der Waals surface area (Å²) in [7, 11) is 1.57. The SMILES string of the molecule is CCOc1cccc(/C=C2\N=C(c3ccc(C)c(C)c3)OC2=O)c1OC. The molecule has 5 nitrogen and oxygen atoms in total. The molecular weight excluding hydrogens is 330 g/mol.